The van der Waals surface area contributed by atoms with Crippen LogP contribution in [0.25, 0.3) is 0 Å². The van der Waals surface area contributed by atoms with Crippen LogP contribution in [0.4, 0.5) is 5.69 Å². The van der Waals surface area contributed by atoms with Gasteiger partial charge >= 0.3 is 11.8 Å². The SMILES string of the molecule is C#Cc1cccc(NC(=O)C(=O)N2CCC[C@H]2Cn2ccnc2)c1. The van der Waals surface area contributed by atoms with Crippen molar-refractivity contribution in [3.05, 3.63) is 48.5 Å². The van der Waals surface area contributed by atoms with Gasteiger partial charge in [0.2, 0.25) is 0 Å². The number of benzene rings is 1. The second kappa shape index (κ2) is 7.01. The number of carbonyl (C=O) groups is 2. The molecule has 0 bridgehead atoms. The number of anilines is 1. The number of aromatic nitrogens is 2. The summed E-state index contributed by atoms with van der Waals surface area (Å²) >= 11 is 0. The molecule has 1 aliphatic heterocycles. The first-order chi connectivity index (χ1) is 11.7. The Bertz CT molecular complexity index is 777. The molecule has 6 nitrogen and oxygen atoms in total. The predicted molar refractivity (Wildman–Crippen MR) is 90.0 cm³/mol. The van der Waals surface area contributed by atoms with Crippen LogP contribution in [0.2, 0.25) is 0 Å². The van der Waals surface area contributed by atoms with Gasteiger partial charge in [-0.15, -0.1) is 6.42 Å². The highest BCUT2D eigenvalue weighted by molar-refractivity contribution is 6.39. The Morgan fingerprint density at radius 3 is 3.04 bits per heavy atom. The van der Waals surface area contributed by atoms with Gasteiger partial charge in [-0.05, 0) is 31.0 Å². The zero-order valence-electron chi connectivity index (χ0n) is 13.2. The van der Waals surface area contributed by atoms with E-state index in [-0.39, 0.29) is 6.04 Å². The summed E-state index contributed by atoms with van der Waals surface area (Å²) in [6, 6.07) is 6.89. The zero-order valence-corrected chi connectivity index (χ0v) is 13.2. The fourth-order valence-electron chi connectivity index (χ4n) is 2.93. The van der Waals surface area contributed by atoms with E-state index in [0.29, 0.717) is 24.3 Å². The van der Waals surface area contributed by atoms with Crippen molar-refractivity contribution in [3.63, 3.8) is 0 Å². The van der Waals surface area contributed by atoms with Gasteiger partial charge < -0.3 is 14.8 Å². The molecular formula is C18H18N4O2. The van der Waals surface area contributed by atoms with E-state index >= 15 is 0 Å². The van der Waals surface area contributed by atoms with Gasteiger partial charge in [0.05, 0.1) is 12.4 Å². The average molecular weight is 322 g/mol. The summed E-state index contributed by atoms with van der Waals surface area (Å²) in [6.45, 7) is 1.24. The van der Waals surface area contributed by atoms with Gasteiger partial charge in [0, 0.05) is 36.7 Å². The molecule has 2 heterocycles. The lowest BCUT2D eigenvalue weighted by atomic mass is 10.2. The Labute approximate surface area is 140 Å². The summed E-state index contributed by atoms with van der Waals surface area (Å²) in [5.41, 5.74) is 1.17. The van der Waals surface area contributed by atoms with Gasteiger partial charge in [-0.1, -0.05) is 12.0 Å². The van der Waals surface area contributed by atoms with Crippen LogP contribution in [-0.2, 0) is 16.1 Å². The predicted octanol–water partition coefficient (Wildman–Crippen LogP) is 1.49. The number of likely N-dealkylation sites (tertiary alicyclic amines) is 1. The number of nitrogens with zero attached hydrogens (tertiary/aromatic N) is 3. The molecular weight excluding hydrogens is 304 g/mol. The Morgan fingerprint density at radius 2 is 2.29 bits per heavy atom. The number of rotatable bonds is 3. The van der Waals surface area contributed by atoms with Crippen molar-refractivity contribution in [3.8, 4) is 12.3 Å². The van der Waals surface area contributed by atoms with Crippen molar-refractivity contribution in [1.82, 2.24) is 14.5 Å². The lowest BCUT2D eigenvalue weighted by Gasteiger charge is -2.24. The molecule has 1 saturated heterocycles. The molecule has 2 amide bonds. The lowest BCUT2D eigenvalue weighted by molar-refractivity contribution is -0.143. The highest BCUT2D eigenvalue weighted by Gasteiger charge is 2.32. The first kappa shape index (κ1) is 15.8. The number of hydrogen-bond acceptors (Lipinski definition) is 3. The summed E-state index contributed by atoms with van der Waals surface area (Å²) in [6.07, 6.45) is 12.4. The summed E-state index contributed by atoms with van der Waals surface area (Å²) in [5.74, 6) is 1.35. The lowest BCUT2D eigenvalue weighted by Crippen LogP contribution is -2.44. The van der Waals surface area contributed by atoms with E-state index in [4.69, 9.17) is 6.42 Å². The molecule has 122 valence electrons. The normalized spacial score (nSPS) is 16.6. The van der Waals surface area contributed by atoms with E-state index in [1.165, 1.54) is 0 Å². The Kier molecular flexibility index (Phi) is 4.62. The van der Waals surface area contributed by atoms with E-state index in [0.717, 1.165) is 12.8 Å². The molecule has 0 spiro atoms. The van der Waals surface area contributed by atoms with Crippen molar-refractivity contribution >= 4 is 17.5 Å². The van der Waals surface area contributed by atoms with E-state index in [9.17, 15) is 9.59 Å². The van der Waals surface area contributed by atoms with Gasteiger partial charge in [0.15, 0.2) is 0 Å². The minimum absolute atomic E-state index is 0.00879. The standard InChI is InChI=1S/C18H18N4O2/c1-2-14-5-3-6-15(11-14)20-17(23)18(24)22-9-4-7-16(22)12-21-10-8-19-13-21/h1,3,5-6,8,10-11,13,16H,4,7,9,12H2,(H,20,23)/t16-/m0/s1. The quantitative estimate of drug-likeness (QED) is 0.688. The van der Waals surface area contributed by atoms with Crippen molar-refractivity contribution in [2.75, 3.05) is 11.9 Å². The molecule has 24 heavy (non-hydrogen) atoms. The van der Waals surface area contributed by atoms with Gasteiger partial charge in [-0.25, -0.2) is 4.98 Å². The van der Waals surface area contributed by atoms with Crippen molar-refractivity contribution in [2.45, 2.75) is 25.4 Å². The van der Waals surface area contributed by atoms with Crippen LogP contribution in [0.3, 0.4) is 0 Å². The van der Waals surface area contributed by atoms with Crippen LogP contribution in [0, 0.1) is 12.3 Å². The number of hydrogen-bond donors (Lipinski definition) is 1. The smallest absolute Gasteiger partial charge is 0.313 e. The molecule has 0 aliphatic carbocycles. The fourth-order valence-corrected chi connectivity index (χ4v) is 2.93. The maximum atomic E-state index is 12.5. The molecule has 6 heteroatoms. The van der Waals surface area contributed by atoms with Gasteiger partial charge in [-0.2, -0.15) is 0 Å². The number of imidazole rings is 1. The molecule has 0 unspecified atom stereocenters. The minimum Gasteiger partial charge on any atom is -0.335 e. The maximum Gasteiger partial charge on any atom is 0.313 e. The first-order valence-electron chi connectivity index (χ1n) is 7.82. The zero-order chi connectivity index (χ0) is 16.9. The molecule has 0 saturated carbocycles. The molecule has 1 fully saturated rings. The van der Waals surface area contributed by atoms with Crippen molar-refractivity contribution in [1.29, 1.82) is 0 Å². The average Bonchev–Trinajstić information content (AvgIpc) is 3.26. The number of nitrogens with one attached hydrogen (secondary N) is 1. The third-order valence-corrected chi connectivity index (χ3v) is 4.10. The van der Waals surface area contributed by atoms with Crippen molar-refractivity contribution < 1.29 is 9.59 Å². The highest BCUT2D eigenvalue weighted by Crippen LogP contribution is 2.20. The Balaban J connectivity index is 1.66. The maximum absolute atomic E-state index is 12.5. The van der Waals surface area contributed by atoms with Crippen molar-refractivity contribution in [2.24, 2.45) is 0 Å². The summed E-state index contributed by atoms with van der Waals surface area (Å²) in [4.78, 5) is 30.4. The van der Waals surface area contributed by atoms with Gasteiger partial charge in [-0.3, -0.25) is 9.59 Å². The monoisotopic (exact) mass is 322 g/mol. The van der Waals surface area contributed by atoms with Crippen LogP contribution in [-0.4, -0.2) is 38.9 Å². The largest absolute Gasteiger partial charge is 0.335 e. The topological polar surface area (TPSA) is 67.2 Å². The Morgan fingerprint density at radius 1 is 1.42 bits per heavy atom. The third kappa shape index (κ3) is 3.46. The van der Waals surface area contributed by atoms with E-state index in [1.54, 1.807) is 41.7 Å². The highest BCUT2D eigenvalue weighted by atomic mass is 16.2. The molecule has 1 aliphatic rings. The van der Waals surface area contributed by atoms with Crippen LogP contribution in [0.5, 0.6) is 0 Å². The molecule has 1 aromatic carbocycles. The minimum atomic E-state index is -0.637. The molecule has 0 radical (unpaired) electrons. The number of carbonyl (C=O) groups excluding carboxylic acids is 2. The fraction of sp³-hybridized carbons (Fsp3) is 0.278. The molecule has 1 N–H and O–H groups in total. The molecule has 2 aromatic rings. The second-order valence-corrected chi connectivity index (χ2v) is 5.73. The van der Waals surface area contributed by atoms with Crippen LogP contribution < -0.4 is 5.32 Å². The van der Waals surface area contributed by atoms with Gasteiger partial charge in [0.25, 0.3) is 0 Å². The van der Waals surface area contributed by atoms with Crippen LogP contribution >= 0.6 is 0 Å². The molecule has 1 aromatic heterocycles. The number of terminal acetylenes is 1. The molecule has 3 rings (SSSR count). The van der Waals surface area contributed by atoms with E-state index in [2.05, 4.69) is 16.2 Å². The van der Waals surface area contributed by atoms with Crippen LogP contribution in [0.15, 0.2) is 43.0 Å². The van der Waals surface area contributed by atoms with E-state index in [1.807, 2.05) is 10.8 Å². The van der Waals surface area contributed by atoms with Gasteiger partial charge in [0.1, 0.15) is 0 Å². The first-order valence-corrected chi connectivity index (χ1v) is 7.82. The third-order valence-electron chi connectivity index (χ3n) is 4.10. The number of amides is 2. The Hall–Kier alpha value is -3.07. The summed E-state index contributed by atoms with van der Waals surface area (Å²) < 4.78 is 1.92. The van der Waals surface area contributed by atoms with Crippen LogP contribution in [0.1, 0.15) is 18.4 Å². The summed E-state index contributed by atoms with van der Waals surface area (Å²) in [5, 5.41) is 2.63. The summed E-state index contributed by atoms with van der Waals surface area (Å²) in [7, 11) is 0. The van der Waals surface area contributed by atoms with E-state index < -0.39 is 11.8 Å². The second-order valence-electron chi connectivity index (χ2n) is 5.73. The molecule has 1 atom stereocenters.